The number of halogens is 1. The Hall–Kier alpha value is -2.11. The summed E-state index contributed by atoms with van der Waals surface area (Å²) in [6.45, 7) is 5.52. The highest BCUT2D eigenvalue weighted by Crippen LogP contribution is 2.29. The summed E-state index contributed by atoms with van der Waals surface area (Å²) >= 11 is 5.98. The maximum Gasteiger partial charge on any atom is 0.243 e. The highest BCUT2D eigenvalue weighted by atomic mass is 35.5. The van der Waals surface area contributed by atoms with Gasteiger partial charge in [0.2, 0.25) is 11.8 Å². The van der Waals surface area contributed by atoms with Gasteiger partial charge in [-0.25, -0.2) is 4.98 Å². The van der Waals surface area contributed by atoms with E-state index in [9.17, 15) is 4.79 Å². The van der Waals surface area contributed by atoms with Crippen LogP contribution in [0.25, 0.3) is 0 Å². The van der Waals surface area contributed by atoms with Gasteiger partial charge in [-0.1, -0.05) is 43.6 Å². The molecule has 6 heteroatoms. The number of hydrogen-bond acceptors (Lipinski definition) is 4. The molecule has 0 radical (unpaired) electrons. The number of benzene rings is 1. The zero-order valence-electron chi connectivity index (χ0n) is 15.8. The first-order valence-electron chi connectivity index (χ1n) is 9.42. The highest BCUT2D eigenvalue weighted by Gasteiger charge is 2.31. The lowest BCUT2D eigenvalue weighted by Gasteiger charge is -2.35. The number of nitrogens with one attached hydrogen (secondary N) is 1. The molecule has 1 unspecified atom stereocenters. The quantitative estimate of drug-likeness (QED) is 0.760. The van der Waals surface area contributed by atoms with Gasteiger partial charge in [0.05, 0.1) is 0 Å². The largest absolute Gasteiger partial charge is 0.388 e. The van der Waals surface area contributed by atoms with Crippen LogP contribution in [0.15, 0.2) is 48.7 Å². The van der Waals surface area contributed by atoms with E-state index >= 15 is 0 Å². The first-order valence-corrected chi connectivity index (χ1v) is 9.80. The molecule has 144 valence electrons. The topological polar surface area (TPSA) is 54.5 Å². The molecule has 1 aromatic heterocycles. The first-order chi connectivity index (χ1) is 13.0. The number of hydroxylamine groups is 1. The number of nitrogens with zero attached hydrogens (tertiary/aromatic N) is 2. The maximum absolute atomic E-state index is 13.0. The van der Waals surface area contributed by atoms with Crippen molar-refractivity contribution in [3.8, 4) is 5.88 Å². The molecule has 1 amide bonds. The van der Waals surface area contributed by atoms with E-state index in [1.807, 2.05) is 43.0 Å². The standard InChI is InChI=1S/C21H26ClN3O2/c1-15(2)20(24-27-19-5-3-4-12-23-19)21(26)25-13-10-17(11-14-25)16-6-8-18(22)9-7-16/h3-9,12,15,17,20,24H,10-11,13-14H2,1-2H3. The van der Waals surface area contributed by atoms with Crippen LogP contribution < -0.4 is 10.3 Å². The monoisotopic (exact) mass is 387 g/mol. The van der Waals surface area contributed by atoms with Crippen LogP contribution >= 0.6 is 11.6 Å². The molecular weight excluding hydrogens is 362 g/mol. The van der Waals surface area contributed by atoms with E-state index < -0.39 is 6.04 Å². The number of carbonyl (C=O) groups excluding carboxylic acids is 1. The fraction of sp³-hybridized carbons (Fsp3) is 0.429. The number of carbonyl (C=O) groups is 1. The molecule has 3 rings (SSSR count). The molecule has 2 heterocycles. The Labute approximate surface area is 165 Å². The van der Waals surface area contributed by atoms with Crippen molar-refractivity contribution in [3.05, 3.63) is 59.2 Å². The number of piperidine rings is 1. The van der Waals surface area contributed by atoms with Crippen LogP contribution in [0.3, 0.4) is 0 Å². The lowest BCUT2D eigenvalue weighted by Crippen LogP contribution is -2.52. The number of likely N-dealkylation sites (tertiary alicyclic amines) is 1. The molecule has 2 aromatic rings. The number of hydrogen-bond donors (Lipinski definition) is 1. The van der Waals surface area contributed by atoms with Gasteiger partial charge >= 0.3 is 0 Å². The van der Waals surface area contributed by atoms with Gasteiger partial charge in [-0.3, -0.25) is 4.79 Å². The Kier molecular flexibility index (Phi) is 6.69. The Morgan fingerprint density at radius 1 is 1.19 bits per heavy atom. The summed E-state index contributed by atoms with van der Waals surface area (Å²) in [6.07, 6.45) is 3.57. The van der Waals surface area contributed by atoms with E-state index in [4.69, 9.17) is 16.4 Å². The molecule has 1 saturated heterocycles. The summed E-state index contributed by atoms with van der Waals surface area (Å²) in [6, 6.07) is 13.1. The third kappa shape index (κ3) is 5.21. The molecule has 0 bridgehead atoms. The van der Waals surface area contributed by atoms with Gasteiger partial charge in [0, 0.05) is 30.4 Å². The fourth-order valence-corrected chi connectivity index (χ4v) is 3.49. The summed E-state index contributed by atoms with van der Waals surface area (Å²) in [5.41, 5.74) is 4.21. The lowest BCUT2D eigenvalue weighted by atomic mass is 9.89. The van der Waals surface area contributed by atoms with E-state index in [1.54, 1.807) is 12.3 Å². The first kappa shape index (κ1) is 19.6. The van der Waals surface area contributed by atoms with Crippen molar-refractivity contribution < 1.29 is 9.63 Å². The summed E-state index contributed by atoms with van der Waals surface area (Å²) in [5, 5.41) is 0.755. The molecule has 0 spiro atoms. The zero-order valence-corrected chi connectivity index (χ0v) is 16.5. The van der Waals surface area contributed by atoms with Gasteiger partial charge in [0.15, 0.2) is 0 Å². The average molecular weight is 388 g/mol. The molecule has 1 aliphatic rings. The van der Waals surface area contributed by atoms with E-state index in [1.165, 1.54) is 5.56 Å². The molecule has 1 atom stereocenters. The summed E-state index contributed by atoms with van der Waals surface area (Å²) in [7, 11) is 0. The van der Waals surface area contributed by atoms with E-state index in [0.29, 0.717) is 11.8 Å². The van der Waals surface area contributed by atoms with Gasteiger partial charge in [-0.05, 0) is 48.4 Å². The minimum absolute atomic E-state index is 0.0792. The van der Waals surface area contributed by atoms with Crippen molar-refractivity contribution in [1.82, 2.24) is 15.4 Å². The Morgan fingerprint density at radius 2 is 1.89 bits per heavy atom. The van der Waals surface area contributed by atoms with Gasteiger partial charge in [0.1, 0.15) is 6.04 Å². The number of rotatable bonds is 6. The smallest absolute Gasteiger partial charge is 0.243 e. The molecule has 0 aliphatic carbocycles. The number of pyridine rings is 1. The Morgan fingerprint density at radius 3 is 2.48 bits per heavy atom. The second-order valence-corrected chi connectivity index (χ2v) is 7.70. The molecule has 1 N–H and O–H groups in total. The van der Waals surface area contributed by atoms with Crippen molar-refractivity contribution in [2.45, 2.75) is 38.6 Å². The molecule has 1 aliphatic heterocycles. The van der Waals surface area contributed by atoms with Crippen LogP contribution in [-0.4, -0.2) is 34.9 Å². The summed E-state index contributed by atoms with van der Waals surface area (Å²) in [5.74, 6) is 1.12. The minimum Gasteiger partial charge on any atom is -0.388 e. The minimum atomic E-state index is -0.404. The van der Waals surface area contributed by atoms with Gasteiger partial charge in [-0.2, -0.15) is 0 Å². The third-order valence-corrected chi connectivity index (χ3v) is 5.26. The van der Waals surface area contributed by atoms with Gasteiger partial charge in [0.25, 0.3) is 0 Å². The molecule has 1 fully saturated rings. The molecule has 27 heavy (non-hydrogen) atoms. The predicted molar refractivity (Wildman–Crippen MR) is 107 cm³/mol. The summed E-state index contributed by atoms with van der Waals surface area (Å²) < 4.78 is 0. The molecule has 0 saturated carbocycles. The Balaban J connectivity index is 1.56. The SMILES string of the molecule is CC(C)C(NOc1ccccn1)C(=O)N1CCC(c2ccc(Cl)cc2)CC1. The highest BCUT2D eigenvalue weighted by molar-refractivity contribution is 6.30. The van der Waals surface area contributed by atoms with E-state index in [-0.39, 0.29) is 11.8 Å². The Bertz CT molecular complexity index is 729. The molecule has 5 nitrogen and oxygen atoms in total. The van der Waals surface area contributed by atoms with Crippen LogP contribution in [0.5, 0.6) is 5.88 Å². The maximum atomic E-state index is 13.0. The second kappa shape index (κ2) is 9.20. The van der Waals surface area contributed by atoms with Crippen LogP contribution in [0.4, 0.5) is 0 Å². The van der Waals surface area contributed by atoms with Crippen molar-refractivity contribution in [1.29, 1.82) is 0 Å². The summed E-state index contributed by atoms with van der Waals surface area (Å²) in [4.78, 5) is 24.6. The second-order valence-electron chi connectivity index (χ2n) is 7.26. The van der Waals surface area contributed by atoms with Gasteiger partial charge in [-0.15, -0.1) is 5.48 Å². The molecule has 1 aromatic carbocycles. The van der Waals surface area contributed by atoms with E-state index in [2.05, 4.69) is 22.6 Å². The zero-order chi connectivity index (χ0) is 19.2. The normalized spacial score (nSPS) is 16.4. The van der Waals surface area contributed by atoms with Crippen LogP contribution in [0.1, 0.15) is 38.2 Å². The van der Waals surface area contributed by atoms with Crippen LogP contribution in [-0.2, 0) is 4.79 Å². The van der Waals surface area contributed by atoms with Crippen molar-refractivity contribution in [3.63, 3.8) is 0 Å². The third-order valence-electron chi connectivity index (χ3n) is 5.01. The number of amides is 1. The number of aromatic nitrogens is 1. The van der Waals surface area contributed by atoms with Crippen molar-refractivity contribution >= 4 is 17.5 Å². The molecular formula is C21H26ClN3O2. The average Bonchev–Trinajstić information content (AvgIpc) is 2.69. The van der Waals surface area contributed by atoms with Crippen molar-refractivity contribution in [2.24, 2.45) is 5.92 Å². The van der Waals surface area contributed by atoms with Crippen molar-refractivity contribution in [2.75, 3.05) is 13.1 Å². The predicted octanol–water partition coefficient (Wildman–Crippen LogP) is 4.05. The fourth-order valence-electron chi connectivity index (χ4n) is 3.37. The van der Waals surface area contributed by atoms with E-state index in [0.717, 1.165) is 31.0 Å². The van der Waals surface area contributed by atoms with Gasteiger partial charge < -0.3 is 9.74 Å². The van der Waals surface area contributed by atoms with Crippen LogP contribution in [0, 0.1) is 5.92 Å². The lowest BCUT2D eigenvalue weighted by molar-refractivity contribution is -0.138. The van der Waals surface area contributed by atoms with Crippen LogP contribution in [0.2, 0.25) is 5.02 Å².